The van der Waals surface area contributed by atoms with Crippen LogP contribution in [-0.2, 0) is 9.31 Å². The van der Waals surface area contributed by atoms with Crippen LogP contribution in [0.25, 0.3) is 6.08 Å². The first-order valence-corrected chi connectivity index (χ1v) is 6.70. The highest BCUT2D eigenvalue weighted by atomic mass is 16.7. The summed E-state index contributed by atoms with van der Waals surface area (Å²) >= 11 is 0. The molecule has 0 atom stereocenters. The standard InChI is InChI=1S/C14H22BN3O2/c1-13(2)14(3,4)20-15(19-13)9-8-11-7-6-10-17-12(11)18(5)16/h6-10H,16H2,1-5H3/b9-8+. The van der Waals surface area contributed by atoms with Crippen molar-refractivity contribution in [2.45, 2.75) is 38.9 Å². The first kappa shape index (κ1) is 15.0. The van der Waals surface area contributed by atoms with E-state index in [2.05, 4.69) is 4.98 Å². The summed E-state index contributed by atoms with van der Waals surface area (Å²) in [6, 6.07) is 3.82. The number of rotatable bonds is 3. The highest BCUT2D eigenvalue weighted by Crippen LogP contribution is 2.37. The Kier molecular flexibility index (Phi) is 3.91. The maximum absolute atomic E-state index is 5.91. The zero-order chi connectivity index (χ0) is 15.0. The van der Waals surface area contributed by atoms with Crippen LogP contribution in [0, 0.1) is 0 Å². The van der Waals surface area contributed by atoms with Crippen LogP contribution in [0.5, 0.6) is 0 Å². The summed E-state index contributed by atoms with van der Waals surface area (Å²) in [5, 5.41) is 1.49. The van der Waals surface area contributed by atoms with Crippen molar-refractivity contribution in [3.8, 4) is 0 Å². The SMILES string of the molecule is CN(N)c1ncccc1/C=C/B1OC(C)(C)C(C)(C)O1. The van der Waals surface area contributed by atoms with Gasteiger partial charge in [0.05, 0.1) is 11.2 Å². The van der Waals surface area contributed by atoms with E-state index in [-0.39, 0.29) is 18.3 Å². The van der Waals surface area contributed by atoms with Gasteiger partial charge in [-0.2, -0.15) is 0 Å². The van der Waals surface area contributed by atoms with E-state index in [1.54, 1.807) is 13.2 Å². The number of hydrogen-bond acceptors (Lipinski definition) is 5. The van der Waals surface area contributed by atoms with Crippen LogP contribution in [0.4, 0.5) is 5.82 Å². The molecule has 0 amide bonds. The van der Waals surface area contributed by atoms with E-state index in [0.717, 1.165) is 5.56 Å². The van der Waals surface area contributed by atoms with E-state index in [4.69, 9.17) is 15.2 Å². The van der Waals surface area contributed by atoms with Gasteiger partial charge in [0.15, 0.2) is 0 Å². The maximum Gasteiger partial charge on any atom is 0.487 e. The third kappa shape index (κ3) is 2.87. The van der Waals surface area contributed by atoms with Crippen molar-refractivity contribution in [3.05, 3.63) is 29.9 Å². The normalized spacial score (nSPS) is 20.6. The highest BCUT2D eigenvalue weighted by molar-refractivity contribution is 6.52. The molecule has 5 nitrogen and oxygen atoms in total. The molecule has 0 aromatic carbocycles. The van der Waals surface area contributed by atoms with Crippen LogP contribution in [0.1, 0.15) is 33.3 Å². The lowest BCUT2D eigenvalue weighted by atomic mass is 9.89. The summed E-state index contributed by atoms with van der Waals surface area (Å²) in [5.41, 5.74) is 0.265. The Morgan fingerprint density at radius 2 is 1.85 bits per heavy atom. The van der Waals surface area contributed by atoms with Crippen molar-refractivity contribution in [3.63, 3.8) is 0 Å². The summed E-state index contributed by atoms with van der Waals surface area (Å²) in [5.74, 6) is 8.36. The summed E-state index contributed by atoms with van der Waals surface area (Å²) in [6.45, 7) is 8.13. The number of hydrogen-bond donors (Lipinski definition) is 1. The van der Waals surface area contributed by atoms with E-state index >= 15 is 0 Å². The molecule has 2 heterocycles. The number of pyridine rings is 1. The highest BCUT2D eigenvalue weighted by Gasteiger charge is 2.49. The third-order valence-electron chi connectivity index (χ3n) is 3.86. The van der Waals surface area contributed by atoms with Crippen LogP contribution in [0.2, 0.25) is 0 Å². The molecule has 0 bridgehead atoms. The van der Waals surface area contributed by atoms with E-state index in [1.165, 1.54) is 5.01 Å². The molecular weight excluding hydrogens is 253 g/mol. The van der Waals surface area contributed by atoms with Gasteiger partial charge in [0.1, 0.15) is 5.82 Å². The monoisotopic (exact) mass is 275 g/mol. The fourth-order valence-electron chi connectivity index (χ4n) is 1.98. The second kappa shape index (κ2) is 5.20. The van der Waals surface area contributed by atoms with Crippen molar-refractivity contribution < 1.29 is 9.31 Å². The summed E-state index contributed by atoms with van der Waals surface area (Å²) in [6.07, 6.45) is 3.64. The minimum absolute atomic E-state index is 0.329. The molecule has 0 spiro atoms. The average molecular weight is 275 g/mol. The van der Waals surface area contributed by atoms with E-state index < -0.39 is 0 Å². The van der Waals surface area contributed by atoms with Crippen LogP contribution in [0.15, 0.2) is 24.3 Å². The molecular formula is C14H22BN3O2. The van der Waals surface area contributed by atoms with Gasteiger partial charge in [0, 0.05) is 18.8 Å². The van der Waals surface area contributed by atoms with Crippen LogP contribution in [-0.4, -0.2) is 30.4 Å². The average Bonchev–Trinajstić information content (AvgIpc) is 2.55. The largest absolute Gasteiger partial charge is 0.487 e. The molecule has 0 saturated carbocycles. The fourth-order valence-corrected chi connectivity index (χ4v) is 1.98. The molecule has 1 aromatic rings. The smallest absolute Gasteiger partial charge is 0.400 e. The van der Waals surface area contributed by atoms with Crippen molar-refractivity contribution >= 4 is 19.0 Å². The number of hydrazine groups is 1. The summed E-state index contributed by atoms with van der Waals surface area (Å²) < 4.78 is 11.8. The molecule has 0 unspecified atom stereocenters. The molecule has 108 valence electrons. The van der Waals surface area contributed by atoms with Crippen LogP contribution >= 0.6 is 0 Å². The molecule has 2 N–H and O–H groups in total. The summed E-state index contributed by atoms with van der Waals surface area (Å²) in [7, 11) is 1.39. The number of anilines is 1. The Hall–Kier alpha value is -1.37. The molecule has 1 aliphatic rings. The molecule has 1 saturated heterocycles. The molecule has 1 fully saturated rings. The first-order chi connectivity index (χ1) is 9.23. The third-order valence-corrected chi connectivity index (χ3v) is 3.86. The number of nitrogens with two attached hydrogens (primary N) is 1. The summed E-state index contributed by atoms with van der Waals surface area (Å²) in [4.78, 5) is 4.25. The molecule has 20 heavy (non-hydrogen) atoms. The topological polar surface area (TPSA) is 60.6 Å². The molecule has 1 aliphatic heterocycles. The predicted molar refractivity (Wildman–Crippen MR) is 81.9 cm³/mol. The Bertz CT molecular complexity index is 499. The molecule has 0 aliphatic carbocycles. The van der Waals surface area contributed by atoms with Gasteiger partial charge in [-0.3, -0.25) is 5.01 Å². The number of nitrogens with zero attached hydrogens (tertiary/aromatic N) is 2. The van der Waals surface area contributed by atoms with Gasteiger partial charge in [-0.1, -0.05) is 12.1 Å². The van der Waals surface area contributed by atoms with E-state index in [0.29, 0.717) is 5.82 Å². The number of aromatic nitrogens is 1. The van der Waals surface area contributed by atoms with Gasteiger partial charge in [0.25, 0.3) is 0 Å². The lowest BCUT2D eigenvalue weighted by Gasteiger charge is -2.32. The van der Waals surface area contributed by atoms with E-state index in [1.807, 2.05) is 51.9 Å². The fraction of sp³-hybridized carbons (Fsp3) is 0.500. The maximum atomic E-state index is 5.91. The first-order valence-electron chi connectivity index (χ1n) is 6.70. The van der Waals surface area contributed by atoms with Crippen LogP contribution in [0.3, 0.4) is 0 Å². The quantitative estimate of drug-likeness (QED) is 0.519. The van der Waals surface area contributed by atoms with Gasteiger partial charge < -0.3 is 9.31 Å². The van der Waals surface area contributed by atoms with Crippen molar-refractivity contribution in [2.75, 3.05) is 12.1 Å². The zero-order valence-corrected chi connectivity index (χ0v) is 12.8. The Balaban J connectivity index is 2.16. The van der Waals surface area contributed by atoms with Crippen LogP contribution < -0.4 is 10.9 Å². The molecule has 0 radical (unpaired) electrons. The van der Waals surface area contributed by atoms with Gasteiger partial charge in [-0.25, -0.2) is 10.8 Å². The van der Waals surface area contributed by atoms with Crippen molar-refractivity contribution in [1.29, 1.82) is 0 Å². The Morgan fingerprint density at radius 3 is 2.40 bits per heavy atom. The van der Waals surface area contributed by atoms with Gasteiger partial charge >= 0.3 is 7.12 Å². The second-order valence-electron chi connectivity index (χ2n) is 6.01. The second-order valence-corrected chi connectivity index (χ2v) is 6.01. The van der Waals surface area contributed by atoms with Crippen molar-refractivity contribution in [1.82, 2.24) is 4.98 Å². The molecule has 2 rings (SSSR count). The minimum atomic E-state index is -0.365. The zero-order valence-electron chi connectivity index (χ0n) is 12.8. The van der Waals surface area contributed by atoms with Gasteiger partial charge in [-0.05, 0) is 39.8 Å². The van der Waals surface area contributed by atoms with E-state index in [9.17, 15) is 0 Å². The van der Waals surface area contributed by atoms with Gasteiger partial charge in [0.2, 0.25) is 0 Å². The van der Waals surface area contributed by atoms with Crippen molar-refractivity contribution in [2.24, 2.45) is 5.84 Å². The molecule has 6 heteroatoms. The lowest BCUT2D eigenvalue weighted by molar-refractivity contribution is 0.00578. The van der Waals surface area contributed by atoms with Gasteiger partial charge in [-0.15, -0.1) is 0 Å². The Labute approximate surface area is 120 Å². The Morgan fingerprint density at radius 1 is 1.25 bits per heavy atom. The lowest BCUT2D eigenvalue weighted by Crippen LogP contribution is -2.41. The predicted octanol–water partition coefficient (Wildman–Crippen LogP) is 2.04. The minimum Gasteiger partial charge on any atom is -0.400 e. The molecule has 1 aromatic heterocycles.